The van der Waals surface area contributed by atoms with Crippen molar-refractivity contribution in [1.82, 2.24) is 9.78 Å². The molecular weight excluding hydrogens is 476 g/mol. The van der Waals surface area contributed by atoms with Crippen LogP contribution >= 0.6 is 0 Å². The molecule has 5 rings (SSSR count). The minimum absolute atomic E-state index is 0.0211. The SMILES string of the molecule is CCOC(=O)c1cc(C2C3CC(O[Si](c4ccccc4)(c4ccccc4)C(C)(C)C)CC32)n(C(C)C)n1. The second-order valence-corrected chi connectivity index (χ2v) is 16.2. The van der Waals surface area contributed by atoms with Gasteiger partial charge in [0.1, 0.15) is 0 Å². The Bertz CT molecular complexity index is 1180. The quantitative estimate of drug-likeness (QED) is 0.284. The molecule has 2 aliphatic carbocycles. The Hall–Kier alpha value is -2.70. The molecule has 2 saturated carbocycles. The fourth-order valence-corrected chi connectivity index (χ4v) is 11.4. The van der Waals surface area contributed by atoms with E-state index >= 15 is 0 Å². The van der Waals surface area contributed by atoms with Crippen LogP contribution in [0, 0.1) is 11.8 Å². The Kier molecular flexibility index (Phi) is 6.92. The molecule has 196 valence electrons. The number of benzene rings is 2. The van der Waals surface area contributed by atoms with E-state index in [-0.39, 0.29) is 23.2 Å². The van der Waals surface area contributed by atoms with Gasteiger partial charge in [0.2, 0.25) is 0 Å². The molecule has 0 spiro atoms. The zero-order valence-corrected chi connectivity index (χ0v) is 24.0. The summed E-state index contributed by atoms with van der Waals surface area (Å²) < 4.78 is 14.7. The maximum atomic E-state index is 12.4. The summed E-state index contributed by atoms with van der Waals surface area (Å²) >= 11 is 0. The summed E-state index contributed by atoms with van der Waals surface area (Å²) in [4.78, 5) is 12.4. The lowest BCUT2D eigenvalue weighted by Crippen LogP contribution is -2.67. The van der Waals surface area contributed by atoms with Crippen molar-refractivity contribution >= 4 is 24.7 Å². The molecule has 0 N–H and O–H groups in total. The van der Waals surface area contributed by atoms with Crippen LogP contribution in [0.5, 0.6) is 0 Å². The maximum Gasteiger partial charge on any atom is 0.358 e. The van der Waals surface area contributed by atoms with Crippen LogP contribution in [0.3, 0.4) is 0 Å². The third kappa shape index (κ3) is 4.59. The van der Waals surface area contributed by atoms with E-state index in [9.17, 15) is 4.79 Å². The van der Waals surface area contributed by atoms with Crippen LogP contribution in [0.2, 0.25) is 5.04 Å². The Morgan fingerprint density at radius 1 is 1.00 bits per heavy atom. The lowest BCUT2D eigenvalue weighted by atomic mass is 10.1. The summed E-state index contributed by atoms with van der Waals surface area (Å²) in [6, 6.07) is 24.0. The van der Waals surface area contributed by atoms with Gasteiger partial charge in [0.15, 0.2) is 5.69 Å². The van der Waals surface area contributed by atoms with Gasteiger partial charge in [-0.25, -0.2) is 4.79 Å². The van der Waals surface area contributed by atoms with Gasteiger partial charge in [-0.3, -0.25) is 4.68 Å². The van der Waals surface area contributed by atoms with Crippen molar-refractivity contribution < 1.29 is 14.0 Å². The van der Waals surface area contributed by atoms with Gasteiger partial charge < -0.3 is 9.16 Å². The van der Waals surface area contributed by atoms with Gasteiger partial charge in [-0.1, -0.05) is 81.4 Å². The minimum atomic E-state index is -2.55. The van der Waals surface area contributed by atoms with E-state index in [1.807, 2.05) is 17.7 Å². The number of carbonyl (C=O) groups is 1. The molecule has 0 aliphatic heterocycles. The van der Waals surface area contributed by atoms with Crippen LogP contribution in [0.4, 0.5) is 0 Å². The van der Waals surface area contributed by atoms with Gasteiger partial charge in [0.05, 0.1) is 6.61 Å². The molecule has 0 bridgehead atoms. The molecule has 0 saturated heterocycles. The average Bonchev–Trinajstić information content (AvgIpc) is 3.21. The summed E-state index contributed by atoms with van der Waals surface area (Å²) in [5, 5.41) is 7.28. The Morgan fingerprint density at radius 3 is 2.00 bits per heavy atom. The maximum absolute atomic E-state index is 12.4. The van der Waals surface area contributed by atoms with Crippen molar-refractivity contribution in [3.05, 3.63) is 78.1 Å². The largest absolute Gasteiger partial charge is 0.461 e. The monoisotopic (exact) mass is 516 g/mol. The predicted molar refractivity (Wildman–Crippen MR) is 150 cm³/mol. The number of esters is 1. The smallest absolute Gasteiger partial charge is 0.358 e. The number of rotatable bonds is 8. The summed E-state index contributed by atoms with van der Waals surface area (Å²) in [7, 11) is -2.55. The molecule has 2 unspecified atom stereocenters. The average molecular weight is 517 g/mol. The van der Waals surface area contributed by atoms with Gasteiger partial charge >= 0.3 is 5.97 Å². The molecule has 5 nitrogen and oxygen atoms in total. The second kappa shape index (κ2) is 9.88. The number of ether oxygens (including phenoxy) is 1. The highest BCUT2D eigenvalue weighted by molar-refractivity contribution is 6.99. The van der Waals surface area contributed by atoms with Gasteiger partial charge in [-0.05, 0) is 66.9 Å². The number of hydrogen-bond acceptors (Lipinski definition) is 4. The predicted octanol–water partition coefficient (Wildman–Crippen LogP) is 5.71. The van der Waals surface area contributed by atoms with Crippen LogP contribution in [0.15, 0.2) is 66.7 Å². The summed E-state index contributed by atoms with van der Waals surface area (Å²) in [6.07, 6.45) is 2.34. The van der Waals surface area contributed by atoms with Crippen molar-refractivity contribution in [2.45, 2.75) is 77.5 Å². The van der Waals surface area contributed by atoms with E-state index in [1.165, 1.54) is 16.1 Å². The van der Waals surface area contributed by atoms with E-state index in [0.29, 0.717) is 30.1 Å². The standard InChI is InChI=1S/C31H40N2O3Si/c1-7-35-30(34)27-20-28(33(32-27)21(2)3)29-25-18-22(19-26(25)29)36-37(31(4,5)6,23-14-10-8-11-15-23)24-16-12-9-13-17-24/h8-17,20-22,25-26,29H,7,18-19H2,1-6H3. The first-order chi connectivity index (χ1) is 17.7. The topological polar surface area (TPSA) is 53.4 Å². The van der Waals surface area contributed by atoms with E-state index in [0.717, 1.165) is 12.8 Å². The number of hydrogen-bond donors (Lipinski definition) is 0. The molecule has 0 amide bonds. The lowest BCUT2D eigenvalue weighted by Gasteiger charge is -2.45. The molecule has 2 aliphatic rings. The van der Waals surface area contributed by atoms with Crippen LogP contribution < -0.4 is 10.4 Å². The molecular formula is C31H40N2O3Si. The molecule has 2 aromatic carbocycles. The van der Waals surface area contributed by atoms with Gasteiger partial charge in [0.25, 0.3) is 8.32 Å². The van der Waals surface area contributed by atoms with E-state index < -0.39 is 8.32 Å². The molecule has 2 atom stereocenters. The normalized spacial score (nSPS) is 23.2. The van der Waals surface area contributed by atoms with E-state index in [1.54, 1.807) is 0 Å². The molecule has 2 fully saturated rings. The number of carbonyl (C=O) groups excluding carboxylic acids is 1. The zero-order valence-electron chi connectivity index (χ0n) is 23.0. The van der Waals surface area contributed by atoms with Gasteiger partial charge in [0, 0.05) is 23.8 Å². The zero-order chi connectivity index (χ0) is 26.4. The summed E-state index contributed by atoms with van der Waals surface area (Å²) in [6.45, 7) is 13.5. The van der Waals surface area contributed by atoms with Crippen LogP contribution in [0.1, 0.15) is 82.5 Å². The number of fused-ring (bicyclic) bond motifs is 1. The van der Waals surface area contributed by atoms with Crippen LogP contribution in [-0.4, -0.2) is 36.8 Å². The Morgan fingerprint density at radius 2 is 1.54 bits per heavy atom. The second-order valence-electron chi connectivity index (χ2n) is 11.9. The van der Waals surface area contributed by atoms with Crippen molar-refractivity contribution in [2.75, 3.05) is 6.61 Å². The Labute approximate surface area is 222 Å². The first-order valence-corrected chi connectivity index (χ1v) is 15.6. The molecule has 3 aromatic rings. The van der Waals surface area contributed by atoms with Gasteiger partial charge in [-0.2, -0.15) is 5.10 Å². The Balaban J connectivity index is 1.41. The van der Waals surface area contributed by atoms with E-state index in [2.05, 4.69) is 100 Å². The first-order valence-electron chi connectivity index (χ1n) is 13.7. The van der Waals surface area contributed by atoms with Crippen molar-refractivity contribution in [2.24, 2.45) is 11.8 Å². The highest BCUT2D eigenvalue weighted by Gasteiger charge is 2.61. The fraction of sp³-hybridized carbons (Fsp3) is 0.484. The molecule has 0 radical (unpaired) electrons. The van der Waals surface area contributed by atoms with Crippen molar-refractivity contribution in [1.29, 1.82) is 0 Å². The number of nitrogens with zero attached hydrogens (tertiary/aromatic N) is 2. The third-order valence-corrected chi connectivity index (χ3v) is 13.3. The van der Waals surface area contributed by atoms with Crippen molar-refractivity contribution in [3.63, 3.8) is 0 Å². The lowest BCUT2D eigenvalue weighted by molar-refractivity contribution is 0.0518. The summed E-state index contributed by atoms with van der Waals surface area (Å²) in [5.41, 5.74) is 1.60. The fourth-order valence-electron chi connectivity index (χ4n) is 6.64. The number of aromatic nitrogens is 2. The molecule has 37 heavy (non-hydrogen) atoms. The molecule has 6 heteroatoms. The summed E-state index contributed by atoms with van der Waals surface area (Å²) in [5.74, 6) is 1.26. The van der Waals surface area contributed by atoms with Crippen molar-refractivity contribution in [3.8, 4) is 0 Å². The molecule has 1 aromatic heterocycles. The first kappa shape index (κ1) is 25.9. The minimum Gasteiger partial charge on any atom is -0.461 e. The van der Waals surface area contributed by atoms with Gasteiger partial charge in [-0.15, -0.1) is 0 Å². The van der Waals surface area contributed by atoms with Crippen LogP contribution in [-0.2, 0) is 9.16 Å². The highest BCUT2D eigenvalue weighted by Crippen LogP contribution is 2.64. The van der Waals surface area contributed by atoms with Crippen LogP contribution in [0.25, 0.3) is 0 Å². The highest BCUT2D eigenvalue weighted by atomic mass is 28.4. The third-order valence-electron chi connectivity index (χ3n) is 8.24. The van der Waals surface area contributed by atoms with E-state index in [4.69, 9.17) is 9.16 Å². The molecule has 1 heterocycles.